The van der Waals surface area contributed by atoms with Crippen molar-refractivity contribution in [3.8, 4) is 5.75 Å². The molecule has 2 amide bonds. The number of hydrogen-bond acceptors (Lipinski definition) is 3. The van der Waals surface area contributed by atoms with Crippen molar-refractivity contribution in [3.05, 3.63) is 59.9 Å². The highest BCUT2D eigenvalue weighted by atomic mass is 19.1. The van der Waals surface area contributed by atoms with Gasteiger partial charge in [0.1, 0.15) is 11.6 Å². The van der Waals surface area contributed by atoms with Gasteiger partial charge in [-0.25, -0.2) is 4.39 Å². The third-order valence-electron chi connectivity index (χ3n) is 5.52. The van der Waals surface area contributed by atoms with Gasteiger partial charge in [-0.2, -0.15) is 0 Å². The topological polar surface area (TPSA) is 49.9 Å². The summed E-state index contributed by atoms with van der Waals surface area (Å²) >= 11 is 0. The molecule has 2 aliphatic rings. The maximum Gasteiger partial charge on any atom is 0.253 e. The molecule has 4 rings (SSSR count). The zero-order valence-corrected chi connectivity index (χ0v) is 15.2. The first-order valence-corrected chi connectivity index (χ1v) is 8.99. The minimum atomic E-state index is -0.360. The molecule has 0 radical (unpaired) electrons. The monoisotopic (exact) mass is 368 g/mol. The maximum absolute atomic E-state index is 13.1. The van der Waals surface area contributed by atoms with Crippen LogP contribution in [0, 0.1) is 11.2 Å². The summed E-state index contributed by atoms with van der Waals surface area (Å²) < 4.78 is 18.3. The molecule has 0 unspecified atom stereocenters. The summed E-state index contributed by atoms with van der Waals surface area (Å²) in [6.45, 7) is 1.76. The predicted molar refractivity (Wildman–Crippen MR) is 99.3 cm³/mol. The second kappa shape index (κ2) is 6.68. The summed E-state index contributed by atoms with van der Waals surface area (Å²) in [6.07, 6.45) is 1.23. The summed E-state index contributed by atoms with van der Waals surface area (Å²) in [5.74, 6) is 0.358. The number of carbonyl (C=O) groups is 2. The second-order valence-electron chi connectivity index (χ2n) is 7.34. The number of benzene rings is 2. The van der Waals surface area contributed by atoms with E-state index in [-0.39, 0.29) is 23.0 Å². The molecule has 1 atom stereocenters. The fraction of sp³-hybridized carbons (Fsp3) is 0.333. The quantitative estimate of drug-likeness (QED) is 0.837. The van der Waals surface area contributed by atoms with Crippen molar-refractivity contribution in [1.82, 2.24) is 4.90 Å². The lowest BCUT2D eigenvalue weighted by Gasteiger charge is -2.24. The van der Waals surface area contributed by atoms with E-state index in [1.54, 1.807) is 16.9 Å². The van der Waals surface area contributed by atoms with Crippen molar-refractivity contribution >= 4 is 17.5 Å². The van der Waals surface area contributed by atoms with Crippen molar-refractivity contribution in [2.24, 2.45) is 5.41 Å². The Morgan fingerprint density at radius 2 is 1.78 bits per heavy atom. The molecule has 6 heteroatoms. The Morgan fingerprint density at radius 1 is 1.07 bits per heavy atom. The van der Waals surface area contributed by atoms with Gasteiger partial charge in [-0.3, -0.25) is 9.59 Å². The molecule has 27 heavy (non-hydrogen) atoms. The summed E-state index contributed by atoms with van der Waals surface area (Å²) in [5, 5.41) is 0. The van der Waals surface area contributed by atoms with E-state index in [1.807, 2.05) is 24.3 Å². The van der Waals surface area contributed by atoms with E-state index < -0.39 is 0 Å². The molecule has 0 saturated carbocycles. The Morgan fingerprint density at radius 3 is 2.44 bits per heavy atom. The smallest absolute Gasteiger partial charge is 0.253 e. The van der Waals surface area contributed by atoms with Gasteiger partial charge in [-0.05, 0) is 55.0 Å². The van der Waals surface area contributed by atoms with Crippen LogP contribution in [-0.4, -0.2) is 43.5 Å². The number of nitrogens with zero attached hydrogens (tertiary/aromatic N) is 2. The molecular weight excluding hydrogens is 347 g/mol. The lowest BCUT2D eigenvalue weighted by atomic mass is 9.86. The number of hydrogen-bond donors (Lipinski definition) is 0. The third kappa shape index (κ3) is 3.27. The highest BCUT2D eigenvalue weighted by Gasteiger charge is 2.48. The molecular formula is C21H21FN2O3. The Hall–Kier alpha value is -2.89. The van der Waals surface area contributed by atoms with Crippen LogP contribution in [0.15, 0.2) is 48.5 Å². The highest BCUT2D eigenvalue weighted by molar-refractivity contribution is 5.97. The molecule has 0 aromatic heterocycles. The van der Waals surface area contributed by atoms with Gasteiger partial charge < -0.3 is 14.5 Å². The lowest BCUT2D eigenvalue weighted by Crippen LogP contribution is -2.34. The molecule has 0 bridgehead atoms. The van der Waals surface area contributed by atoms with E-state index in [1.165, 1.54) is 24.3 Å². The van der Waals surface area contributed by atoms with Gasteiger partial charge in [0, 0.05) is 42.7 Å². The normalized spacial score (nSPS) is 21.9. The summed E-state index contributed by atoms with van der Waals surface area (Å²) in [5.41, 5.74) is 1.11. The van der Waals surface area contributed by atoms with E-state index >= 15 is 0 Å². The molecule has 2 fully saturated rings. The van der Waals surface area contributed by atoms with Gasteiger partial charge in [-0.15, -0.1) is 0 Å². The molecule has 1 spiro atoms. The molecule has 0 N–H and O–H groups in total. The standard InChI is InChI=1S/C21H21FN2O3/c1-27-18-8-6-17(7-9-18)24-14-21(12-19(24)25)10-11-23(13-21)20(26)15-2-4-16(22)5-3-15/h2-9H,10-14H2,1H3/t21-/m1/s1. The van der Waals surface area contributed by atoms with Crippen molar-refractivity contribution < 1.29 is 18.7 Å². The fourth-order valence-corrected chi connectivity index (χ4v) is 4.05. The maximum atomic E-state index is 13.1. The van der Waals surface area contributed by atoms with Crippen LogP contribution < -0.4 is 9.64 Å². The number of amides is 2. The number of methoxy groups -OCH3 is 1. The second-order valence-corrected chi connectivity index (χ2v) is 7.34. The first-order valence-electron chi connectivity index (χ1n) is 8.99. The van der Waals surface area contributed by atoms with E-state index in [2.05, 4.69) is 0 Å². The Labute approximate surface area is 157 Å². The molecule has 2 aliphatic heterocycles. The van der Waals surface area contributed by atoms with Crippen molar-refractivity contribution in [2.45, 2.75) is 12.8 Å². The van der Waals surface area contributed by atoms with Crippen molar-refractivity contribution in [1.29, 1.82) is 0 Å². The SMILES string of the molecule is COc1ccc(N2C[C@]3(CCN(C(=O)c4ccc(F)cc4)C3)CC2=O)cc1. The minimum absolute atomic E-state index is 0.0799. The first-order chi connectivity index (χ1) is 13.0. The van der Waals surface area contributed by atoms with Gasteiger partial charge in [0.2, 0.25) is 5.91 Å². The summed E-state index contributed by atoms with van der Waals surface area (Å²) in [7, 11) is 1.61. The fourth-order valence-electron chi connectivity index (χ4n) is 4.05. The van der Waals surface area contributed by atoms with Gasteiger partial charge >= 0.3 is 0 Å². The van der Waals surface area contributed by atoms with Crippen LogP contribution in [0.2, 0.25) is 0 Å². The van der Waals surface area contributed by atoms with Crippen LogP contribution in [-0.2, 0) is 4.79 Å². The molecule has 5 nitrogen and oxygen atoms in total. The molecule has 140 valence electrons. The third-order valence-corrected chi connectivity index (χ3v) is 5.52. The number of rotatable bonds is 3. The zero-order valence-electron chi connectivity index (χ0n) is 15.2. The van der Waals surface area contributed by atoms with Crippen LogP contribution in [0.1, 0.15) is 23.2 Å². The van der Waals surface area contributed by atoms with Crippen LogP contribution in [0.3, 0.4) is 0 Å². The Balaban J connectivity index is 1.48. The molecule has 2 aromatic carbocycles. The molecule has 2 aromatic rings. The number of anilines is 1. The molecule has 2 heterocycles. The Bertz CT molecular complexity index is 866. The van der Waals surface area contributed by atoms with E-state index in [0.29, 0.717) is 31.6 Å². The lowest BCUT2D eigenvalue weighted by molar-refractivity contribution is -0.117. The number of carbonyl (C=O) groups excluding carboxylic acids is 2. The Kier molecular flexibility index (Phi) is 4.34. The molecule has 2 saturated heterocycles. The van der Waals surface area contributed by atoms with Gasteiger partial charge in [0.15, 0.2) is 0 Å². The highest BCUT2D eigenvalue weighted by Crippen LogP contribution is 2.42. The average Bonchev–Trinajstić information content (AvgIpc) is 3.25. The van der Waals surface area contributed by atoms with Crippen molar-refractivity contribution in [2.75, 3.05) is 31.6 Å². The first kappa shape index (κ1) is 17.5. The van der Waals surface area contributed by atoms with Crippen LogP contribution in [0.4, 0.5) is 10.1 Å². The number of halogens is 1. The van der Waals surface area contributed by atoms with E-state index in [9.17, 15) is 14.0 Å². The van der Waals surface area contributed by atoms with Gasteiger partial charge in [-0.1, -0.05) is 0 Å². The van der Waals surface area contributed by atoms with Crippen LogP contribution >= 0.6 is 0 Å². The van der Waals surface area contributed by atoms with E-state index in [4.69, 9.17) is 4.74 Å². The minimum Gasteiger partial charge on any atom is -0.497 e. The predicted octanol–water partition coefficient (Wildman–Crippen LogP) is 3.10. The number of ether oxygens (including phenoxy) is 1. The average molecular weight is 368 g/mol. The molecule has 0 aliphatic carbocycles. The largest absolute Gasteiger partial charge is 0.497 e. The number of likely N-dealkylation sites (tertiary alicyclic amines) is 1. The van der Waals surface area contributed by atoms with Gasteiger partial charge in [0.05, 0.1) is 7.11 Å². The summed E-state index contributed by atoms with van der Waals surface area (Å²) in [4.78, 5) is 28.9. The van der Waals surface area contributed by atoms with Crippen molar-refractivity contribution in [3.63, 3.8) is 0 Å². The van der Waals surface area contributed by atoms with Crippen LogP contribution in [0.5, 0.6) is 5.75 Å². The van der Waals surface area contributed by atoms with Gasteiger partial charge in [0.25, 0.3) is 5.91 Å². The van der Waals surface area contributed by atoms with E-state index in [0.717, 1.165) is 17.9 Å². The summed E-state index contributed by atoms with van der Waals surface area (Å²) in [6, 6.07) is 13.0. The zero-order chi connectivity index (χ0) is 19.0. The van der Waals surface area contributed by atoms with Crippen LogP contribution in [0.25, 0.3) is 0 Å².